The van der Waals surface area contributed by atoms with Crippen molar-refractivity contribution in [2.24, 2.45) is 5.92 Å². The lowest BCUT2D eigenvalue weighted by Crippen LogP contribution is -2.34. The third kappa shape index (κ3) is 3.25. The second kappa shape index (κ2) is 5.42. The standard InChI is InChI=1S/C15H22N2O/c1-10(2)16-14-7-5-4-6-13(14)15(18)17-11(3)12-8-9-12/h4-7,10-12,16H,8-9H2,1-3H3,(H,17,18). The molecule has 1 saturated carbocycles. The number of hydrogen-bond acceptors (Lipinski definition) is 2. The number of hydrogen-bond donors (Lipinski definition) is 2. The van der Waals surface area contributed by atoms with Crippen LogP contribution in [0.3, 0.4) is 0 Å². The van der Waals surface area contributed by atoms with Gasteiger partial charge >= 0.3 is 0 Å². The van der Waals surface area contributed by atoms with Gasteiger partial charge in [0.05, 0.1) is 5.56 Å². The highest BCUT2D eigenvalue weighted by molar-refractivity contribution is 5.99. The number of nitrogens with one attached hydrogen (secondary N) is 2. The van der Waals surface area contributed by atoms with E-state index < -0.39 is 0 Å². The van der Waals surface area contributed by atoms with Crippen molar-refractivity contribution >= 4 is 11.6 Å². The Balaban J connectivity index is 2.08. The lowest BCUT2D eigenvalue weighted by Gasteiger charge is -2.17. The van der Waals surface area contributed by atoms with Crippen molar-refractivity contribution in [3.05, 3.63) is 29.8 Å². The van der Waals surface area contributed by atoms with Gasteiger partial charge in [0.15, 0.2) is 0 Å². The van der Waals surface area contributed by atoms with Crippen LogP contribution in [0.4, 0.5) is 5.69 Å². The van der Waals surface area contributed by atoms with E-state index in [0.717, 1.165) is 11.3 Å². The zero-order chi connectivity index (χ0) is 13.1. The minimum absolute atomic E-state index is 0.0261. The smallest absolute Gasteiger partial charge is 0.253 e. The molecule has 0 spiro atoms. The number of carbonyl (C=O) groups is 1. The van der Waals surface area contributed by atoms with E-state index in [0.29, 0.717) is 12.0 Å². The molecule has 2 N–H and O–H groups in total. The van der Waals surface area contributed by atoms with Gasteiger partial charge < -0.3 is 10.6 Å². The average molecular weight is 246 g/mol. The summed E-state index contributed by atoms with van der Waals surface area (Å²) in [7, 11) is 0. The summed E-state index contributed by atoms with van der Waals surface area (Å²) in [4.78, 5) is 12.2. The molecule has 1 aliphatic carbocycles. The molecule has 0 heterocycles. The van der Waals surface area contributed by atoms with Crippen LogP contribution in [0.2, 0.25) is 0 Å². The molecular formula is C15H22N2O. The maximum absolute atomic E-state index is 12.2. The van der Waals surface area contributed by atoms with E-state index in [1.807, 2.05) is 24.3 Å². The Bertz CT molecular complexity index is 424. The summed E-state index contributed by atoms with van der Waals surface area (Å²) in [6.07, 6.45) is 2.49. The van der Waals surface area contributed by atoms with E-state index >= 15 is 0 Å². The van der Waals surface area contributed by atoms with Gasteiger partial charge in [-0.3, -0.25) is 4.79 Å². The van der Waals surface area contributed by atoms with E-state index in [1.165, 1.54) is 12.8 Å². The molecule has 18 heavy (non-hydrogen) atoms. The van der Waals surface area contributed by atoms with Crippen molar-refractivity contribution in [3.8, 4) is 0 Å². The van der Waals surface area contributed by atoms with Gasteiger partial charge in [0.25, 0.3) is 5.91 Å². The summed E-state index contributed by atoms with van der Waals surface area (Å²) in [6, 6.07) is 8.29. The van der Waals surface area contributed by atoms with Gasteiger partial charge in [-0.25, -0.2) is 0 Å². The number of benzene rings is 1. The molecule has 1 fully saturated rings. The van der Waals surface area contributed by atoms with Gasteiger partial charge in [-0.15, -0.1) is 0 Å². The van der Waals surface area contributed by atoms with Gasteiger partial charge in [0, 0.05) is 17.8 Å². The minimum Gasteiger partial charge on any atom is -0.382 e. The topological polar surface area (TPSA) is 41.1 Å². The summed E-state index contributed by atoms with van der Waals surface area (Å²) in [6.45, 7) is 6.23. The number of rotatable bonds is 5. The molecule has 1 aliphatic rings. The van der Waals surface area contributed by atoms with Crippen LogP contribution in [0.1, 0.15) is 44.0 Å². The first-order valence-electron chi connectivity index (χ1n) is 6.74. The van der Waals surface area contributed by atoms with E-state index in [1.54, 1.807) is 0 Å². The maximum Gasteiger partial charge on any atom is 0.253 e. The quantitative estimate of drug-likeness (QED) is 0.838. The van der Waals surface area contributed by atoms with Crippen LogP contribution < -0.4 is 10.6 Å². The first kappa shape index (κ1) is 12.9. The van der Waals surface area contributed by atoms with Crippen LogP contribution in [-0.2, 0) is 0 Å². The highest BCUT2D eigenvalue weighted by Crippen LogP contribution is 2.32. The predicted molar refractivity (Wildman–Crippen MR) is 74.9 cm³/mol. The molecule has 0 radical (unpaired) electrons. The molecule has 0 saturated heterocycles. The molecule has 3 nitrogen and oxygen atoms in total. The molecule has 1 unspecified atom stereocenters. The summed E-state index contributed by atoms with van der Waals surface area (Å²) >= 11 is 0. The minimum atomic E-state index is 0.0261. The fourth-order valence-electron chi connectivity index (χ4n) is 2.12. The molecule has 98 valence electrons. The number of carbonyl (C=O) groups excluding carboxylic acids is 1. The van der Waals surface area contributed by atoms with Crippen LogP contribution in [0.25, 0.3) is 0 Å². The highest BCUT2D eigenvalue weighted by atomic mass is 16.1. The normalized spacial score (nSPS) is 16.4. The number of anilines is 1. The summed E-state index contributed by atoms with van der Waals surface area (Å²) in [5.74, 6) is 0.706. The summed E-state index contributed by atoms with van der Waals surface area (Å²) in [5, 5.41) is 6.40. The molecular weight excluding hydrogens is 224 g/mol. The third-order valence-corrected chi connectivity index (χ3v) is 3.30. The maximum atomic E-state index is 12.2. The lowest BCUT2D eigenvalue weighted by molar-refractivity contribution is 0.0936. The summed E-state index contributed by atoms with van der Waals surface area (Å²) < 4.78 is 0. The molecule has 0 bridgehead atoms. The molecule has 1 aromatic carbocycles. The summed E-state index contributed by atoms with van der Waals surface area (Å²) in [5.41, 5.74) is 1.65. The average Bonchev–Trinajstić information content (AvgIpc) is 3.12. The van der Waals surface area contributed by atoms with Crippen molar-refractivity contribution < 1.29 is 4.79 Å². The SMILES string of the molecule is CC(C)Nc1ccccc1C(=O)NC(C)C1CC1. The lowest BCUT2D eigenvalue weighted by atomic mass is 10.1. The number of amides is 1. The Hall–Kier alpha value is -1.51. The zero-order valence-corrected chi connectivity index (χ0v) is 11.4. The van der Waals surface area contributed by atoms with E-state index in [-0.39, 0.29) is 11.9 Å². The highest BCUT2D eigenvalue weighted by Gasteiger charge is 2.29. The fourth-order valence-corrected chi connectivity index (χ4v) is 2.12. The Morgan fingerprint density at radius 3 is 2.50 bits per heavy atom. The van der Waals surface area contributed by atoms with Crippen LogP contribution in [0, 0.1) is 5.92 Å². The van der Waals surface area contributed by atoms with Crippen LogP contribution >= 0.6 is 0 Å². The Morgan fingerprint density at radius 2 is 1.89 bits per heavy atom. The molecule has 1 amide bonds. The van der Waals surface area contributed by atoms with Gasteiger partial charge in [-0.2, -0.15) is 0 Å². The number of para-hydroxylation sites is 1. The second-order valence-electron chi connectivity index (χ2n) is 5.44. The van der Waals surface area contributed by atoms with Crippen molar-refractivity contribution in [1.29, 1.82) is 0 Å². The van der Waals surface area contributed by atoms with E-state index in [2.05, 4.69) is 31.4 Å². The Morgan fingerprint density at radius 1 is 1.22 bits per heavy atom. The van der Waals surface area contributed by atoms with Crippen LogP contribution in [-0.4, -0.2) is 18.0 Å². The van der Waals surface area contributed by atoms with Gasteiger partial charge in [-0.05, 0) is 51.7 Å². The van der Waals surface area contributed by atoms with Gasteiger partial charge in [-0.1, -0.05) is 12.1 Å². The molecule has 0 aliphatic heterocycles. The first-order valence-corrected chi connectivity index (χ1v) is 6.74. The van der Waals surface area contributed by atoms with E-state index in [9.17, 15) is 4.79 Å². The van der Waals surface area contributed by atoms with Crippen molar-refractivity contribution in [2.75, 3.05) is 5.32 Å². The van der Waals surface area contributed by atoms with E-state index in [4.69, 9.17) is 0 Å². The molecule has 3 heteroatoms. The molecule has 1 aromatic rings. The third-order valence-electron chi connectivity index (χ3n) is 3.30. The zero-order valence-electron chi connectivity index (χ0n) is 11.4. The monoisotopic (exact) mass is 246 g/mol. The molecule has 0 aromatic heterocycles. The van der Waals surface area contributed by atoms with Crippen LogP contribution in [0.15, 0.2) is 24.3 Å². The Kier molecular flexibility index (Phi) is 3.90. The van der Waals surface area contributed by atoms with Crippen molar-refractivity contribution in [2.45, 2.75) is 45.7 Å². The van der Waals surface area contributed by atoms with Crippen molar-refractivity contribution in [1.82, 2.24) is 5.32 Å². The van der Waals surface area contributed by atoms with Gasteiger partial charge in [0.1, 0.15) is 0 Å². The van der Waals surface area contributed by atoms with Crippen LogP contribution in [0.5, 0.6) is 0 Å². The second-order valence-corrected chi connectivity index (χ2v) is 5.44. The molecule has 1 atom stereocenters. The first-order chi connectivity index (χ1) is 8.58. The Labute approximate surface area is 109 Å². The largest absolute Gasteiger partial charge is 0.382 e. The molecule has 2 rings (SSSR count). The van der Waals surface area contributed by atoms with Gasteiger partial charge in [0.2, 0.25) is 0 Å². The van der Waals surface area contributed by atoms with Crippen molar-refractivity contribution in [3.63, 3.8) is 0 Å². The predicted octanol–water partition coefficient (Wildman–Crippen LogP) is 3.04. The fraction of sp³-hybridized carbons (Fsp3) is 0.533.